The Labute approximate surface area is 159 Å². The number of benzene rings is 1. The third-order valence-corrected chi connectivity index (χ3v) is 5.10. The van der Waals surface area contributed by atoms with Gasteiger partial charge in [0.25, 0.3) is 0 Å². The Kier molecular flexibility index (Phi) is 4.58. The van der Waals surface area contributed by atoms with E-state index in [-0.39, 0.29) is 5.91 Å². The van der Waals surface area contributed by atoms with Crippen LogP contribution in [0.25, 0.3) is 0 Å². The Bertz CT molecular complexity index is 801. The number of carbonyl (C=O) groups is 1. The molecule has 0 saturated carbocycles. The van der Waals surface area contributed by atoms with Crippen LogP contribution in [-0.2, 0) is 11.4 Å². The molecule has 2 aliphatic rings. The maximum Gasteiger partial charge on any atom is 0.341 e. The van der Waals surface area contributed by atoms with Crippen molar-refractivity contribution in [3.05, 3.63) is 63.1 Å². The molecular formula is C18H18BrN4O3+. The van der Waals surface area contributed by atoms with Crippen LogP contribution in [0.3, 0.4) is 0 Å². The lowest BCUT2D eigenvalue weighted by molar-refractivity contribution is -0.740. The van der Waals surface area contributed by atoms with Gasteiger partial charge in [-0.25, -0.2) is 4.98 Å². The quantitative estimate of drug-likeness (QED) is 0.715. The number of rotatable bonds is 4. The lowest BCUT2D eigenvalue weighted by Gasteiger charge is -2.24. The second-order valence-electron chi connectivity index (χ2n) is 6.31. The molecule has 7 nitrogen and oxygen atoms in total. The molecule has 0 radical (unpaired) electrons. The highest BCUT2D eigenvalue weighted by atomic mass is 79.9. The van der Waals surface area contributed by atoms with E-state index in [1.807, 2.05) is 24.3 Å². The first-order chi connectivity index (χ1) is 12.6. The molecule has 4 rings (SSSR count). The van der Waals surface area contributed by atoms with E-state index in [0.717, 1.165) is 27.7 Å². The minimum atomic E-state index is -0.860. The van der Waals surface area contributed by atoms with Gasteiger partial charge in [-0.2, -0.15) is 5.01 Å². The summed E-state index contributed by atoms with van der Waals surface area (Å²) in [6.45, 7) is 1.57. The predicted molar refractivity (Wildman–Crippen MR) is 96.7 cm³/mol. The molecular weight excluding hydrogens is 400 g/mol. The van der Waals surface area contributed by atoms with Crippen molar-refractivity contribution < 1.29 is 14.4 Å². The molecule has 0 aliphatic carbocycles. The molecule has 1 unspecified atom stereocenters. The summed E-state index contributed by atoms with van der Waals surface area (Å²) < 4.78 is 6.69. The van der Waals surface area contributed by atoms with Gasteiger partial charge in [0.2, 0.25) is 5.88 Å². The SMILES string of the molecule is O=C1C(c2ccc(OCc3ccc(Br)cc3)nc2)[N+](=O)N2CCCCN12. The van der Waals surface area contributed by atoms with E-state index in [0.29, 0.717) is 31.1 Å². The van der Waals surface area contributed by atoms with E-state index in [4.69, 9.17) is 4.74 Å². The first-order valence-electron chi connectivity index (χ1n) is 8.52. The lowest BCUT2D eigenvalue weighted by Crippen LogP contribution is -2.45. The van der Waals surface area contributed by atoms with Gasteiger partial charge in [0, 0.05) is 23.3 Å². The Morgan fingerprint density at radius 3 is 2.62 bits per heavy atom. The standard InChI is InChI=1S/C18H18BrN4O3/c19-15-6-3-13(4-7-15)12-26-16-8-5-14(11-20-16)17-18(24)21-9-1-2-10-22(21)23(17)25/h3-8,11,17H,1-2,9-10,12H2/q+1. The van der Waals surface area contributed by atoms with Crippen LogP contribution >= 0.6 is 15.9 Å². The molecule has 2 aliphatic heterocycles. The summed E-state index contributed by atoms with van der Waals surface area (Å²) in [5, 5.41) is 3.04. The zero-order chi connectivity index (χ0) is 18.1. The van der Waals surface area contributed by atoms with Crippen molar-refractivity contribution in [2.75, 3.05) is 13.1 Å². The molecule has 2 fully saturated rings. The Morgan fingerprint density at radius 1 is 1.15 bits per heavy atom. The van der Waals surface area contributed by atoms with Crippen LogP contribution in [0.4, 0.5) is 0 Å². The first kappa shape index (κ1) is 17.0. The number of aromatic nitrogens is 1. The number of pyridine rings is 1. The van der Waals surface area contributed by atoms with Crippen molar-refractivity contribution >= 4 is 21.8 Å². The predicted octanol–water partition coefficient (Wildman–Crippen LogP) is 3.01. The minimum Gasteiger partial charge on any atom is -0.473 e. The van der Waals surface area contributed by atoms with Crippen molar-refractivity contribution in [3.8, 4) is 5.88 Å². The number of halogens is 1. The number of nitrogens with zero attached hydrogens (tertiary/aromatic N) is 4. The number of nitroso groups, excluding NO2 is 1. The van der Waals surface area contributed by atoms with Gasteiger partial charge in [0.15, 0.2) is 4.87 Å². The fourth-order valence-corrected chi connectivity index (χ4v) is 3.46. The molecule has 8 heteroatoms. The van der Waals surface area contributed by atoms with E-state index in [1.165, 1.54) is 5.12 Å². The number of ether oxygens (including phenoxy) is 1. The number of fused-ring (bicyclic) bond motifs is 1. The van der Waals surface area contributed by atoms with Crippen molar-refractivity contribution in [2.45, 2.75) is 25.5 Å². The second kappa shape index (κ2) is 7.03. The van der Waals surface area contributed by atoms with Crippen LogP contribution < -0.4 is 4.74 Å². The Balaban J connectivity index is 1.45. The Morgan fingerprint density at radius 2 is 1.92 bits per heavy atom. The zero-order valence-corrected chi connectivity index (χ0v) is 15.6. The topological polar surface area (TPSA) is 65.8 Å². The molecule has 134 valence electrons. The van der Waals surface area contributed by atoms with Gasteiger partial charge < -0.3 is 4.74 Å². The molecule has 1 aromatic carbocycles. The van der Waals surface area contributed by atoms with Crippen LogP contribution in [-0.4, -0.2) is 39.0 Å². The molecule has 0 bridgehead atoms. The fraction of sp³-hybridized carbons (Fsp3) is 0.333. The summed E-state index contributed by atoms with van der Waals surface area (Å²) >= 11 is 3.40. The van der Waals surface area contributed by atoms with Gasteiger partial charge in [0.1, 0.15) is 13.2 Å². The van der Waals surface area contributed by atoms with Crippen LogP contribution in [0.1, 0.15) is 30.0 Å². The van der Waals surface area contributed by atoms with Crippen molar-refractivity contribution in [1.82, 2.24) is 15.1 Å². The average Bonchev–Trinajstić information content (AvgIpc) is 2.93. The summed E-state index contributed by atoms with van der Waals surface area (Å²) in [6.07, 6.45) is 3.38. The lowest BCUT2D eigenvalue weighted by atomic mass is 10.1. The van der Waals surface area contributed by atoms with Crippen LogP contribution in [0.5, 0.6) is 5.88 Å². The molecule has 1 atom stereocenters. The zero-order valence-electron chi connectivity index (χ0n) is 14.0. The molecule has 0 spiro atoms. The largest absolute Gasteiger partial charge is 0.473 e. The normalized spacial score (nSPS) is 19.7. The average molecular weight is 418 g/mol. The molecule has 3 heterocycles. The van der Waals surface area contributed by atoms with Crippen LogP contribution in [0.2, 0.25) is 0 Å². The van der Waals surface area contributed by atoms with Crippen molar-refractivity contribution in [1.29, 1.82) is 0 Å². The summed E-state index contributed by atoms with van der Waals surface area (Å²) in [5.41, 5.74) is 1.61. The minimum absolute atomic E-state index is 0.190. The van der Waals surface area contributed by atoms with E-state index < -0.39 is 6.04 Å². The van der Waals surface area contributed by atoms with Crippen LogP contribution in [0.15, 0.2) is 47.1 Å². The third-order valence-electron chi connectivity index (χ3n) is 4.57. The highest BCUT2D eigenvalue weighted by Crippen LogP contribution is 2.31. The first-order valence-corrected chi connectivity index (χ1v) is 9.31. The summed E-state index contributed by atoms with van der Waals surface area (Å²) in [7, 11) is 0. The monoisotopic (exact) mass is 417 g/mol. The molecule has 1 amide bonds. The summed E-state index contributed by atoms with van der Waals surface area (Å²) in [4.78, 5) is 30.1. The highest BCUT2D eigenvalue weighted by Gasteiger charge is 2.55. The van der Waals surface area contributed by atoms with Crippen molar-refractivity contribution in [2.24, 2.45) is 0 Å². The number of carbonyl (C=O) groups excluding carboxylic acids is 1. The van der Waals surface area contributed by atoms with E-state index in [2.05, 4.69) is 20.9 Å². The van der Waals surface area contributed by atoms with Crippen molar-refractivity contribution in [3.63, 3.8) is 0 Å². The van der Waals surface area contributed by atoms with E-state index in [9.17, 15) is 9.70 Å². The number of hydrogen-bond acceptors (Lipinski definition) is 4. The maximum absolute atomic E-state index is 12.6. The molecule has 1 aromatic heterocycles. The molecule has 0 N–H and O–H groups in total. The summed E-state index contributed by atoms with van der Waals surface area (Å²) in [6, 6.07) is 10.4. The third kappa shape index (κ3) is 3.16. The van der Waals surface area contributed by atoms with E-state index in [1.54, 1.807) is 23.3 Å². The number of amides is 1. The molecule has 2 aromatic rings. The van der Waals surface area contributed by atoms with Gasteiger partial charge >= 0.3 is 11.9 Å². The Hall–Kier alpha value is -2.48. The van der Waals surface area contributed by atoms with Gasteiger partial charge in [-0.1, -0.05) is 28.1 Å². The van der Waals surface area contributed by atoms with Gasteiger partial charge in [-0.3, -0.25) is 4.79 Å². The number of hydrogen-bond donors (Lipinski definition) is 0. The maximum atomic E-state index is 12.6. The summed E-state index contributed by atoms with van der Waals surface area (Å²) in [5.74, 6) is 0.266. The van der Waals surface area contributed by atoms with Gasteiger partial charge in [-0.15, -0.1) is 0 Å². The molecule has 26 heavy (non-hydrogen) atoms. The smallest absolute Gasteiger partial charge is 0.341 e. The second-order valence-corrected chi connectivity index (χ2v) is 7.23. The fourth-order valence-electron chi connectivity index (χ4n) is 3.20. The van der Waals surface area contributed by atoms with Gasteiger partial charge in [0.05, 0.1) is 10.5 Å². The van der Waals surface area contributed by atoms with E-state index >= 15 is 0 Å². The molecule has 2 saturated heterocycles. The highest BCUT2D eigenvalue weighted by molar-refractivity contribution is 9.10. The van der Waals surface area contributed by atoms with Gasteiger partial charge in [-0.05, 0) is 41.7 Å². The van der Waals surface area contributed by atoms with Crippen LogP contribution in [0, 0.1) is 4.91 Å². The number of hydrazine groups is 2.